The summed E-state index contributed by atoms with van der Waals surface area (Å²) in [5.41, 5.74) is 5.54. The number of hydrogen-bond donors (Lipinski definition) is 2. The number of nitrogens with two attached hydrogens (primary N) is 1. The van der Waals surface area contributed by atoms with Crippen molar-refractivity contribution in [3.63, 3.8) is 0 Å². The Morgan fingerprint density at radius 2 is 1.93 bits per heavy atom. The third-order valence-corrected chi connectivity index (χ3v) is 5.22. The van der Waals surface area contributed by atoms with Crippen LogP contribution in [0.4, 0.5) is 8.78 Å². The third-order valence-electron chi connectivity index (χ3n) is 5.22. The molecular weight excluding hydrogens is 392 g/mol. The Labute approximate surface area is 174 Å². The fourth-order valence-corrected chi connectivity index (χ4v) is 3.69. The van der Waals surface area contributed by atoms with Gasteiger partial charge in [-0.1, -0.05) is 20.8 Å². The number of primary amides is 1. The van der Waals surface area contributed by atoms with Gasteiger partial charge in [-0.25, -0.2) is 13.8 Å². The topological polar surface area (TPSA) is 93.2 Å². The van der Waals surface area contributed by atoms with E-state index in [1.165, 1.54) is 0 Å². The fraction of sp³-hybridized carbons (Fsp3) is 0.476. The van der Waals surface area contributed by atoms with E-state index in [0.717, 1.165) is 31.2 Å². The van der Waals surface area contributed by atoms with E-state index in [1.807, 2.05) is 11.9 Å². The molecule has 0 saturated carbocycles. The number of aromatic nitrogens is 2. The van der Waals surface area contributed by atoms with Gasteiger partial charge in [-0.15, -0.1) is 0 Å². The van der Waals surface area contributed by atoms with Crippen LogP contribution in [0.2, 0.25) is 0 Å². The van der Waals surface area contributed by atoms with Crippen LogP contribution in [-0.2, 0) is 17.9 Å². The van der Waals surface area contributed by atoms with Crippen LogP contribution < -0.4 is 11.1 Å². The van der Waals surface area contributed by atoms with E-state index < -0.39 is 34.9 Å². The number of imidazole rings is 1. The van der Waals surface area contributed by atoms with Crippen LogP contribution in [0.25, 0.3) is 11.4 Å². The molecule has 1 aromatic heterocycles. The molecule has 2 amide bonds. The van der Waals surface area contributed by atoms with E-state index in [2.05, 4.69) is 10.3 Å². The van der Waals surface area contributed by atoms with Gasteiger partial charge in [-0.05, 0) is 43.6 Å². The standard InChI is InChI=1S/C21H27F2N5O2/c1-21(2,3)17(18(24)29)26-20(30)16-15-11-27(4)8-5-9-28(15)19(25-16)13-10-12(22)6-7-14(13)23/h6-7,10,17H,5,8-9,11H2,1-4H3,(H2,24,29)(H,26,30). The molecule has 1 atom stereocenters. The molecule has 7 nitrogen and oxygen atoms in total. The molecule has 1 aliphatic rings. The van der Waals surface area contributed by atoms with Crippen molar-refractivity contribution in [1.82, 2.24) is 19.8 Å². The number of carbonyl (C=O) groups is 2. The maximum atomic E-state index is 14.5. The Bertz CT molecular complexity index is 981. The molecule has 0 bridgehead atoms. The summed E-state index contributed by atoms with van der Waals surface area (Å²) in [6.45, 7) is 7.06. The SMILES string of the molecule is CN1CCCn2c(-c3cc(F)ccc3F)nc(C(=O)NC(C(N)=O)C(C)(C)C)c2C1. The number of nitrogens with zero attached hydrogens (tertiary/aromatic N) is 3. The highest BCUT2D eigenvalue weighted by Gasteiger charge is 2.34. The third kappa shape index (κ3) is 4.35. The number of fused-ring (bicyclic) bond motifs is 1. The summed E-state index contributed by atoms with van der Waals surface area (Å²) in [6.07, 6.45) is 0.761. The maximum Gasteiger partial charge on any atom is 0.272 e. The van der Waals surface area contributed by atoms with Crippen molar-refractivity contribution in [1.29, 1.82) is 0 Å². The zero-order valence-electron chi connectivity index (χ0n) is 17.6. The van der Waals surface area contributed by atoms with Gasteiger partial charge in [0.1, 0.15) is 23.5 Å². The molecule has 30 heavy (non-hydrogen) atoms. The average Bonchev–Trinajstić information content (AvgIpc) is 2.86. The molecule has 2 aromatic rings. The monoisotopic (exact) mass is 419 g/mol. The second kappa shape index (κ2) is 8.14. The lowest BCUT2D eigenvalue weighted by Crippen LogP contribution is -2.52. The number of benzene rings is 1. The zero-order chi connectivity index (χ0) is 22.2. The summed E-state index contributed by atoms with van der Waals surface area (Å²) in [6, 6.07) is 2.23. The minimum Gasteiger partial charge on any atom is -0.368 e. The van der Waals surface area contributed by atoms with Gasteiger partial charge in [-0.2, -0.15) is 0 Å². The predicted octanol–water partition coefficient (Wildman–Crippen LogP) is 2.29. The molecule has 3 rings (SSSR count). The van der Waals surface area contributed by atoms with Crippen molar-refractivity contribution in [3.05, 3.63) is 41.2 Å². The largest absolute Gasteiger partial charge is 0.368 e. The van der Waals surface area contributed by atoms with Crippen molar-refractivity contribution < 1.29 is 18.4 Å². The normalized spacial score (nSPS) is 15.9. The molecule has 0 spiro atoms. The Morgan fingerprint density at radius 1 is 1.23 bits per heavy atom. The van der Waals surface area contributed by atoms with Crippen LogP contribution >= 0.6 is 0 Å². The molecular formula is C21H27F2N5O2. The summed E-state index contributed by atoms with van der Waals surface area (Å²) in [5, 5.41) is 2.67. The maximum absolute atomic E-state index is 14.5. The van der Waals surface area contributed by atoms with Crippen molar-refractivity contribution >= 4 is 11.8 Å². The molecule has 1 unspecified atom stereocenters. The number of rotatable bonds is 4. The van der Waals surface area contributed by atoms with E-state index in [-0.39, 0.29) is 17.1 Å². The molecule has 0 aliphatic carbocycles. The number of amides is 2. The summed E-state index contributed by atoms with van der Waals surface area (Å²) in [5.74, 6) is -2.26. The highest BCUT2D eigenvalue weighted by atomic mass is 19.1. The average molecular weight is 419 g/mol. The number of carbonyl (C=O) groups excluding carboxylic acids is 2. The molecule has 0 fully saturated rings. The first-order valence-corrected chi connectivity index (χ1v) is 9.82. The van der Waals surface area contributed by atoms with Crippen molar-refractivity contribution in [2.24, 2.45) is 11.1 Å². The van der Waals surface area contributed by atoms with Gasteiger partial charge in [-0.3, -0.25) is 9.59 Å². The molecule has 9 heteroatoms. The predicted molar refractivity (Wildman–Crippen MR) is 108 cm³/mol. The van der Waals surface area contributed by atoms with Crippen LogP contribution in [0.3, 0.4) is 0 Å². The van der Waals surface area contributed by atoms with E-state index in [1.54, 1.807) is 25.3 Å². The summed E-state index contributed by atoms with van der Waals surface area (Å²) in [4.78, 5) is 31.4. The van der Waals surface area contributed by atoms with Crippen molar-refractivity contribution in [2.45, 2.75) is 46.3 Å². The molecule has 1 aromatic carbocycles. The van der Waals surface area contributed by atoms with Gasteiger partial charge in [0.05, 0.1) is 11.3 Å². The quantitative estimate of drug-likeness (QED) is 0.795. The van der Waals surface area contributed by atoms with Gasteiger partial charge in [0.25, 0.3) is 5.91 Å². The van der Waals surface area contributed by atoms with E-state index in [9.17, 15) is 18.4 Å². The van der Waals surface area contributed by atoms with Gasteiger partial charge in [0.15, 0.2) is 5.69 Å². The second-order valence-corrected chi connectivity index (χ2v) is 8.77. The van der Waals surface area contributed by atoms with Crippen LogP contribution in [-0.4, -0.2) is 45.9 Å². The summed E-state index contributed by atoms with van der Waals surface area (Å²) >= 11 is 0. The lowest BCUT2D eigenvalue weighted by atomic mass is 9.86. The molecule has 0 radical (unpaired) electrons. The molecule has 2 heterocycles. The number of hydrogen-bond acceptors (Lipinski definition) is 4. The molecule has 0 saturated heterocycles. The first kappa shape index (κ1) is 21.9. The lowest BCUT2D eigenvalue weighted by molar-refractivity contribution is -0.122. The van der Waals surface area contributed by atoms with E-state index >= 15 is 0 Å². The zero-order valence-corrected chi connectivity index (χ0v) is 17.6. The lowest BCUT2D eigenvalue weighted by Gasteiger charge is -2.28. The summed E-state index contributed by atoms with van der Waals surface area (Å²) in [7, 11) is 1.91. The van der Waals surface area contributed by atoms with Crippen LogP contribution in [0.15, 0.2) is 18.2 Å². The van der Waals surface area contributed by atoms with Crippen molar-refractivity contribution in [2.75, 3.05) is 13.6 Å². The number of nitrogens with one attached hydrogen (secondary N) is 1. The summed E-state index contributed by atoms with van der Waals surface area (Å²) < 4.78 is 30.1. The molecule has 1 aliphatic heterocycles. The molecule has 3 N–H and O–H groups in total. The van der Waals surface area contributed by atoms with Gasteiger partial charge in [0.2, 0.25) is 5.91 Å². The Morgan fingerprint density at radius 3 is 2.57 bits per heavy atom. The number of halogens is 2. The Balaban J connectivity index is 2.11. The first-order chi connectivity index (χ1) is 14.0. The second-order valence-electron chi connectivity index (χ2n) is 8.77. The highest BCUT2D eigenvalue weighted by Crippen LogP contribution is 2.29. The van der Waals surface area contributed by atoms with Crippen LogP contribution in [0.5, 0.6) is 0 Å². The Hall–Kier alpha value is -2.81. The van der Waals surface area contributed by atoms with Crippen LogP contribution in [0, 0.1) is 17.0 Å². The Kier molecular flexibility index (Phi) is 5.94. The van der Waals surface area contributed by atoms with Crippen LogP contribution in [0.1, 0.15) is 43.4 Å². The van der Waals surface area contributed by atoms with Gasteiger partial charge < -0.3 is 20.5 Å². The fourth-order valence-electron chi connectivity index (χ4n) is 3.69. The minimum atomic E-state index is -0.916. The smallest absolute Gasteiger partial charge is 0.272 e. The first-order valence-electron chi connectivity index (χ1n) is 9.82. The molecule has 162 valence electrons. The van der Waals surface area contributed by atoms with Gasteiger partial charge >= 0.3 is 0 Å². The minimum absolute atomic E-state index is 0.0119. The highest BCUT2D eigenvalue weighted by molar-refractivity contribution is 5.97. The van der Waals surface area contributed by atoms with E-state index in [4.69, 9.17) is 5.73 Å². The van der Waals surface area contributed by atoms with Gasteiger partial charge in [0, 0.05) is 13.1 Å². The van der Waals surface area contributed by atoms with Crippen molar-refractivity contribution in [3.8, 4) is 11.4 Å². The van der Waals surface area contributed by atoms with E-state index in [0.29, 0.717) is 18.8 Å².